The van der Waals surface area contributed by atoms with Crippen molar-refractivity contribution in [2.45, 2.75) is 20.3 Å². The van der Waals surface area contributed by atoms with Gasteiger partial charge in [0.25, 0.3) is 0 Å². The van der Waals surface area contributed by atoms with Gasteiger partial charge in [-0.3, -0.25) is 9.59 Å². The quantitative estimate of drug-likeness (QED) is 0.551. The van der Waals surface area contributed by atoms with Crippen molar-refractivity contribution in [2.75, 3.05) is 0 Å². The summed E-state index contributed by atoms with van der Waals surface area (Å²) in [5.41, 5.74) is 0. The average Bonchev–Trinajstić information content (AvgIpc) is 1.65. The molecule has 0 aromatic rings. The molecular weight excluding hydrogens is 151 g/mol. The van der Waals surface area contributed by atoms with Gasteiger partial charge in [0.1, 0.15) is 0 Å². The Morgan fingerprint density at radius 1 is 1.38 bits per heavy atom. The normalized spacial score (nSPS) is 7.25. The van der Waals surface area contributed by atoms with Crippen LogP contribution in [0.3, 0.4) is 0 Å². The molecule has 0 N–H and O–H groups in total. The number of hydrogen-bond acceptors (Lipinski definition) is 2. The van der Waals surface area contributed by atoms with Crippen LogP contribution >= 0.6 is 0 Å². The van der Waals surface area contributed by atoms with E-state index < -0.39 is 0 Å². The second kappa shape index (κ2) is 4.99. The van der Waals surface area contributed by atoms with Crippen molar-refractivity contribution in [3.63, 3.8) is 0 Å². The first kappa shape index (κ1) is 10.8. The van der Waals surface area contributed by atoms with E-state index in [0.29, 0.717) is 6.42 Å². The van der Waals surface area contributed by atoms with E-state index in [2.05, 4.69) is 0 Å². The van der Waals surface area contributed by atoms with Crippen molar-refractivity contribution in [1.82, 2.24) is 0 Å². The van der Waals surface area contributed by atoms with Gasteiger partial charge in [-0.25, -0.2) is 0 Å². The van der Waals surface area contributed by atoms with Crippen LogP contribution in [0, 0.1) is 0 Å². The van der Waals surface area contributed by atoms with Crippen molar-refractivity contribution in [3.8, 4) is 0 Å². The van der Waals surface area contributed by atoms with Gasteiger partial charge in [-0.05, 0) is 0 Å². The first-order chi connectivity index (χ1) is 3.18. The molecule has 0 heterocycles. The molecule has 0 aliphatic carbocycles. The third kappa shape index (κ3) is 4.02. The molecule has 0 radical (unpaired) electrons. The van der Waals surface area contributed by atoms with Gasteiger partial charge in [-0.1, -0.05) is 6.92 Å². The summed E-state index contributed by atoms with van der Waals surface area (Å²) in [5, 5.41) is 0. The second-order valence-electron chi connectivity index (χ2n) is 1.33. The summed E-state index contributed by atoms with van der Waals surface area (Å²) in [4.78, 5) is 20.2. The minimum absolute atomic E-state index is 0. The summed E-state index contributed by atoms with van der Waals surface area (Å²) < 4.78 is 0. The van der Waals surface area contributed by atoms with Crippen molar-refractivity contribution < 1.29 is 26.4 Å². The molecule has 0 spiro atoms. The summed E-state index contributed by atoms with van der Waals surface area (Å²) in [7, 11) is 0. The van der Waals surface area contributed by atoms with E-state index in [0.717, 1.165) is 0 Å². The molecule has 0 aliphatic rings. The summed E-state index contributed by atoms with van der Waals surface area (Å²) in [6.45, 7) is 2.95. The minimum Gasteiger partial charge on any atom is -0.291 e. The monoisotopic (exact) mass is 159 g/mol. The molecule has 0 saturated heterocycles. The summed E-state index contributed by atoms with van der Waals surface area (Å²) in [6, 6.07) is 0. The predicted molar refractivity (Wildman–Crippen MR) is 26.0 cm³/mol. The van der Waals surface area contributed by atoms with Gasteiger partial charge < -0.3 is 0 Å². The van der Waals surface area contributed by atoms with Gasteiger partial charge in [-0.2, -0.15) is 0 Å². The SMILES string of the molecule is CCC(=O)C(C)=O.[Co+3]. The molecule has 0 bridgehead atoms. The first-order valence-electron chi connectivity index (χ1n) is 2.22. The van der Waals surface area contributed by atoms with E-state index in [1.807, 2.05) is 0 Å². The molecule has 2 nitrogen and oxygen atoms in total. The summed E-state index contributed by atoms with van der Waals surface area (Å²) >= 11 is 0. The number of hydrogen-bond donors (Lipinski definition) is 0. The van der Waals surface area contributed by atoms with Crippen molar-refractivity contribution >= 4 is 11.6 Å². The first-order valence-corrected chi connectivity index (χ1v) is 2.22. The largest absolute Gasteiger partial charge is 3.00 e. The van der Waals surface area contributed by atoms with Gasteiger partial charge in [-0.15, -0.1) is 0 Å². The molecule has 0 rings (SSSR count). The zero-order valence-corrected chi connectivity index (χ0v) is 5.90. The van der Waals surface area contributed by atoms with Crippen molar-refractivity contribution in [2.24, 2.45) is 0 Å². The Kier molecular flexibility index (Phi) is 6.72. The number of carbonyl (C=O) groups excluding carboxylic acids is 2. The molecule has 8 heavy (non-hydrogen) atoms. The summed E-state index contributed by atoms with van der Waals surface area (Å²) in [6.07, 6.45) is 0.329. The molecule has 0 aliphatic heterocycles. The zero-order chi connectivity index (χ0) is 5.86. The van der Waals surface area contributed by atoms with E-state index >= 15 is 0 Å². The fourth-order valence-electron chi connectivity index (χ4n) is 0.249. The van der Waals surface area contributed by atoms with Crippen LogP contribution in [-0.4, -0.2) is 11.6 Å². The maximum Gasteiger partial charge on any atom is 3.00 e. The van der Waals surface area contributed by atoms with Crippen LogP contribution in [0.1, 0.15) is 20.3 Å². The number of ketones is 2. The maximum absolute atomic E-state index is 10.2. The Balaban J connectivity index is 0. The van der Waals surface area contributed by atoms with Crippen molar-refractivity contribution in [3.05, 3.63) is 0 Å². The van der Waals surface area contributed by atoms with E-state index in [9.17, 15) is 9.59 Å². The van der Waals surface area contributed by atoms with Gasteiger partial charge in [0.2, 0.25) is 0 Å². The number of carbonyl (C=O) groups is 2. The fourth-order valence-corrected chi connectivity index (χ4v) is 0.249. The molecule has 0 saturated carbocycles. The van der Waals surface area contributed by atoms with Crippen LogP contribution in [0.5, 0.6) is 0 Å². The molecule has 0 atom stereocenters. The zero-order valence-electron chi connectivity index (χ0n) is 4.86. The van der Waals surface area contributed by atoms with Gasteiger partial charge in [0.15, 0.2) is 11.6 Å². The van der Waals surface area contributed by atoms with Crippen LogP contribution in [0.4, 0.5) is 0 Å². The van der Waals surface area contributed by atoms with Gasteiger partial charge >= 0.3 is 16.8 Å². The van der Waals surface area contributed by atoms with Crippen molar-refractivity contribution in [1.29, 1.82) is 0 Å². The third-order valence-electron chi connectivity index (χ3n) is 0.714. The van der Waals surface area contributed by atoms with Crippen LogP contribution in [0.25, 0.3) is 0 Å². The Morgan fingerprint density at radius 2 is 1.75 bits per heavy atom. The Bertz CT molecular complexity index is 98.6. The minimum atomic E-state index is -0.345. The Labute approximate surface area is 58.8 Å². The van der Waals surface area contributed by atoms with Gasteiger partial charge in [0, 0.05) is 13.3 Å². The topological polar surface area (TPSA) is 34.1 Å². The second-order valence-corrected chi connectivity index (χ2v) is 1.33. The molecule has 3 heteroatoms. The Hall–Kier alpha value is -0.154. The number of Topliss-reactive ketones (excluding diaryl/α,β-unsaturated/α-hetero) is 2. The molecule has 0 aromatic heterocycles. The van der Waals surface area contributed by atoms with Crippen LogP contribution in [0.15, 0.2) is 0 Å². The van der Waals surface area contributed by atoms with Crippen LogP contribution < -0.4 is 0 Å². The third-order valence-corrected chi connectivity index (χ3v) is 0.714. The standard InChI is InChI=1S/C5H8O2.Co/c1-3-5(7)4(2)6;/h3H2,1-2H3;/q;+3. The fraction of sp³-hybridized carbons (Fsp3) is 0.600. The van der Waals surface area contributed by atoms with E-state index in [1.165, 1.54) is 6.92 Å². The molecule has 0 aromatic carbocycles. The van der Waals surface area contributed by atoms with E-state index in [-0.39, 0.29) is 28.3 Å². The summed E-state index contributed by atoms with van der Waals surface area (Å²) in [5.74, 6) is -0.637. The number of rotatable bonds is 2. The van der Waals surface area contributed by atoms with Crippen LogP contribution in [-0.2, 0) is 26.4 Å². The molecule has 46 valence electrons. The van der Waals surface area contributed by atoms with E-state index in [1.54, 1.807) is 6.92 Å². The molecular formula is C5H8CoO2+3. The maximum atomic E-state index is 10.2. The predicted octanol–water partition coefficient (Wildman–Crippen LogP) is 0.552. The molecule has 0 amide bonds. The van der Waals surface area contributed by atoms with Crippen LogP contribution in [0.2, 0.25) is 0 Å². The van der Waals surface area contributed by atoms with E-state index in [4.69, 9.17) is 0 Å². The van der Waals surface area contributed by atoms with Gasteiger partial charge in [0.05, 0.1) is 0 Å². The smallest absolute Gasteiger partial charge is 0.291 e. The average molecular weight is 159 g/mol. The molecule has 0 fully saturated rings. The molecule has 0 unspecified atom stereocenters. The Morgan fingerprint density at radius 3 is 1.75 bits per heavy atom.